The number of halogens is 1. The maximum atomic E-state index is 12.7. The summed E-state index contributed by atoms with van der Waals surface area (Å²) < 4.78 is 9.74. The molecule has 0 radical (unpaired) electrons. The molecule has 1 aliphatic rings. The van der Waals surface area contributed by atoms with Crippen LogP contribution in [0.15, 0.2) is 64.9 Å². The Kier molecular flexibility index (Phi) is 6.61. The standard InChI is InChI=1S/C21H20ClN3O4/c1-28-17(26)11-10-15-18(21(27)29-2)19(13-7-3-4-8-14(13)22)25-20(24-15)16-9-5-6-12-23-16/h3-9,12,19H,10-11H2,1-2H3,(H,24,25). The fourth-order valence-electron chi connectivity index (χ4n) is 3.03. The number of aromatic nitrogens is 1. The Morgan fingerprint density at radius 3 is 2.52 bits per heavy atom. The Labute approximate surface area is 173 Å². The number of esters is 2. The zero-order valence-electron chi connectivity index (χ0n) is 16.0. The van der Waals surface area contributed by atoms with Gasteiger partial charge in [-0.05, 0) is 24.6 Å². The predicted octanol–water partition coefficient (Wildman–Crippen LogP) is 3.21. The van der Waals surface area contributed by atoms with Crippen molar-refractivity contribution in [2.45, 2.75) is 18.9 Å². The van der Waals surface area contributed by atoms with Crippen LogP contribution in [0.25, 0.3) is 0 Å². The van der Waals surface area contributed by atoms with Crippen molar-refractivity contribution in [1.29, 1.82) is 0 Å². The van der Waals surface area contributed by atoms with Crippen molar-refractivity contribution in [3.05, 3.63) is 76.2 Å². The van der Waals surface area contributed by atoms with E-state index in [4.69, 9.17) is 26.1 Å². The predicted molar refractivity (Wildman–Crippen MR) is 108 cm³/mol. The van der Waals surface area contributed by atoms with Crippen molar-refractivity contribution < 1.29 is 19.1 Å². The Morgan fingerprint density at radius 2 is 1.86 bits per heavy atom. The Balaban J connectivity index is 2.13. The summed E-state index contributed by atoms with van der Waals surface area (Å²) in [7, 11) is 2.62. The van der Waals surface area contributed by atoms with Gasteiger partial charge in [0, 0.05) is 22.5 Å². The molecule has 0 bridgehead atoms. The molecule has 1 aromatic heterocycles. The van der Waals surface area contributed by atoms with E-state index >= 15 is 0 Å². The van der Waals surface area contributed by atoms with E-state index in [9.17, 15) is 9.59 Å². The van der Waals surface area contributed by atoms with Gasteiger partial charge in [-0.1, -0.05) is 35.9 Å². The van der Waals surface area contributed by atoms with Gasteiger partial charge in [-0.15, -0.1) is 0 Å². The van der Waals surface area contributed by atoms with Crippen LogP contribution >= 0.6 is 11.6 Å². The summed E-state index contributed by atoms with van der Waals surface area (Å²) >= 11 is 6.41. The average molecular weight is 414 g/mol. The number of benzene rings is 1. The highest BCUT2D eigenvalue weighted by molar-refractivity contribution is 6.31. The molecule has 7 nitrogen and oxygen atoms in total. The van der Waals surface area contributed by atoms with Gasteiger partial charge in [0.2, 0.25) is 0 Å². The molecule has 0 amide bonds. The molecule has 0 saturated carbocycles. The van der Waals surface area contributed by atoms with Gasteiger partial charge in [0.25, 0.3) is 0 Å². The quantitative estimate of drug-likeness (QED) is 0.731. The third-order valence-electron chi connectivity index (χ3n) is 4.45. The maximum absolute atomic E-state index is 12.7. The molecular weight excluding hydrogens is 394 g/mol. The first kappa shape index (κ1) is 20.5. The van der Waals surface area contributed by atoms with Crippen LogP contribution in [0.2, 0.25) is 5.02 Å². The lowest BCUT2D eigenvalue weighted by Crippen LogP contribution is -2.34. The number of carbonyl (C=O) groups excluding carboxylic acids is 2. The van der Waals surface area contributed by atoms with Crippen LogP contribution in [0.4, 0.5) is 0 Å². The van der Waals surface area contributed by atoms with Crippen molar-refractivity contribution in [3.8, 4) is 0 Å². The van der Waals surface area contributed by atoms with E-state index in [2.05, 4.69) is 10.3 Å². The summed E-state index contributed by atoms with van der Waals surface area (Å²) in [6, 6.07) is 11.9. The first-order valence-corrected chi connectivity index (χ1v) is 9.31. The van der Waals surface area contributed by atoms with E-state index in [0.717, 1.165) is 0 Å². The summed E-state index contributed by atoms with van der Waals surface area (Å²) in [5.41, 5.74) is 2.07. The van der Waals surface area contributed by atoms with Gasteiger partial charge in [0.15, 0.2) is 5.84 Å². The second-order valence-corrected chi connectivity index (χ2v) is 6.61. The Bertz CT molecular complexity index is 973. The normalized spacial score (nSPS) is 16.0. The van der Waals surface area contributed by atoms with Crippen LogP contribution in [-0.4, -0.2) is 37.0 Å². The van der Waals surface area contributed by atoms with Gasteiger partial charge in [-0.25, -0.2) is 4.79 Å². The number of nitrogens with one attached hydrogen (secondary N) is 1. The van der Waals surface area contributed by atoms with Gasteiger partial charge >= 0.3 is 11.9 Å². The second kappa shape index (κ2) is 9.34. The topological polar surface area (TPSA) is 89.9 Å². The number of hydrogen-bond acceptors (Lipinski definition) is 7. The number of ether oxygens (including phenoxy) is 2. The summed E-state index contributed by atoms with van der Waals surface area (Å²) in [5.74, 6) is -0.464. The van der Waals surface area contributed by atoms with Crippen molar-refractivity contribution in [1.82, 2.24) is 10.3 Å². The van der Waals surface area contributed by atoms with Crippen LogP contribution in [0.1, 0.15) is 30.1 Å². The molecule has 2 heterocycles. The van der Waals surface area contributed by atoms with Crippen LogP contribution in [0.3, 0.4) is 0 Å². The molecule has 29 heavy (non-hydrogen) atoms. The number of amidine groups is 1. The lowest BCUT2D eigenvalue weighted by molar-refractivity contribution is -0.141. The third kappa shape index (κ3) is 4.63. The zero-order chi connectivity index (χ0) is 20.8. The molecule has 1 unspecified atom stereocenters. The molecule has 150 valence electrons. The fraction of sp³-hybridized carbons (Fsp3) is 0.238. The second-order valence-electron chi connectivity index (χ2n) is 6.20. The van der Waals surface area contributed by atoms with Crippen molar-refractivity contribution in [2.75, 3.05) is 14.2 Å². The van der Waals surface area contributed by atoms with E-state index in [-0.39, 0.29) is 18.8 Å². The largest absolute Gasteiger partial charge is 0.469 e. The maximum Gasteiger partial charge on any atom is 0.338 e. The highest BCUT2D eigenvalue weighted by Crippen LogP contribution is 2.36. The van der Waals surface area contributed by atoms with Gasteiger partial charge in [0.05, 0.1) is 26.2 Å². The van der Waals surface area contributed by atoms with Gasteiger partial charge in [-0.3, -0.25) is 14.8 Å². The number of rotatable bonds is 6. The van der Waals surface area contributed by atoms with Crippen LogP contribution in [0, 0.1) is 0 Å². The fourth-order valence-corrected chi connectivity index (χ4v) is 3.27. The number of methoxy groups -OCH3 is 2. The molecular formula is C21H20ClN3O4. The number of aliphatic imine (C=N–C) groups is 1. The third-order valence-corrected chi connectivity index (χ3v) is 4.79. The lowest BCUT2D eigenvalue weighted by Gasteiger charge is -2.27. The van der Waals surface area contributed by atoms with Crippen molar-refractivity contribution >= 4 is 29.4 Å². The molecule has 0 aliphatic carbocycles. The average Bonchev–Trinajstić information content (AvgIpc) is 2.77. The van der Waals surface area contributed by atoms with E-state index in [1.165, 1.54) is 14.2 Å². The molecule has 1 N–H and O–H groups in total. The van der Waals surface area contributed by atoms with Crippen molar-refractivity contribution in [3.63, 3.8) is 0 Å². The zero-order valence-corrected chi connectivity index (χ0v) is 16.8. The number of hydrogen-bond donors (Lipinski definition) is 1. The monoisotopic (exact) mass is 413 g/mol. The first-order valence-electron chi connectivity index (χ1n) is 8.94. The SMILES string of the molecule is COC(=O)CCC1=C(C(=O)OC)C(c2ccccc2Cl)N=C(c2ccccn2)N1. The van der Waals surface area contributed by atoms with Crippen LogP contribution < -0.4 is 5.32 Å². The number of nitrogens with zero attached hydrogens (tertiary/aromatic N) is 2. The van der Waals surface area contributed by atoms with Gasteiger partial charge in [0.1, 0.15) is 11.7 Å². The molecule has 1 aliphatic heterocycles. The minimum Gasteiger partial charge on any atom is -0.469 e. The Hall–Kier alpha value is -3.19. The molecule has 8 heteroatoms. The highest BCUT2D eigenvalue weighted by atomic mass is 35.5. The van der Waals surface area contributed by atoms with E-state index < -0.39 is 12.0 Å². The van der Waals surface area contributed by atoms with Crippen LogP contribution in [-0.2, 0) is 19.1 Å². The van der Waals surface area contributed by atoms with E-state index in [1.807, 2.05) is 12.1 Å². The summed E-state index contributed by atoms with van der Waals surface area (Å²) in [4.78, 5) is 33.4. The molecule has 0 saturated heterocycles. The smallest absolute Gasteiger partial charge is 0.338 e. The summed E-state index contributed by atoms with van der Waals surface area (Å²) in [5, 5.41) is 3.62. The molecule has 1 aromatic carbocycles. The molecule has 2 aromatic rings. The van der Waals surface area contributed by atoms with Crippen molar-refractivity contribution in [2.24, 2.45) is 4.99 Å². The molecule has 0 fully saturated rings. The summed E-state index contributed by atoms with van der Waals surface area (Å²) in [6.45, 7) is 0. The van der Waals surface area contributed by atoms with Gasteiger partial charge in [-0.2, -0.15) is 0 Å². The van der Waals surface area contributed by atoms with E-state index in [0.29, 0.717) is 33.4 Å². The molecule has 3 rings (SSSR count). The minimum absolute atomic E-state index is 0.0874. The molecule has 0 spiro atoms. The number of pyridine rings is 1. The summed E-state index contributed by atoms with van der Waals surface area (Å²) in [6.07, 6.45) is 1.98. The number of carbonyl (C=O) groups is 2. The molecule has 1 atom stereocenters. The number of allylic oxidation sites excluding steroid dienone is 1. The van der Waals surface area contributed by atoms with Gasteiger partial charge < -0.3 is 14.8 Å². The van der Waals surface area contributed by atoms with Crippen LogP contribution in [0.5, 0.6) is 0 Å². The van der Waals surface area contributed by atoms with E-state index in [1.54, 1.807) is 36.5 Å². The lowest BCUT2D eigenvalue weighted by atomic mass is 9.93. The first-order chi connectivity index (χ1) is 14.0. The Morgan fingerprint density at radius 1 is 1.10 bits per heavy atom. The minimum atomic E-state index is -0.706. The highest BCUT2D eigenvalue weighted by Gasteiger charge is 2.33.